The summed E-state index contributed by atoms with van der Waals surface area (Å²) in [6.07, 6.45) is 4.98. The molecule has 2 aromatic heterocycles. The SMILES string of the molecule is COc1ccc([C@H]2OCC[C@@H]2NC(=O)CCc2ccco2)cn1. The van der Waals surface area contributed by atoms with E-state index in [2.05, 4.69) is 10.3 Å². The van der Waals surface area contributed by atoms with Crippen molar-refractivity contribution in [2.24, 2.45) is 0 Å². The fourth-order valence-electron chi connectivity index (χ4n) is 2.72. The highest BCUT2D eigenvalue weighted by molar-refractivity contribution is 5.76. The number of hydrogen-bond acceptors (Lipinski definition) is 5. The number of rotatable bonds is 6. The lowest BCUT2D eigenvalue weighted by Gasteiger charge is -2.20. The summed E-state index contributed by atoms with van der Waals surface area (Å²) in [5, 5.41) is 3.05. The van der Waals surface area contributed by atoms with E-state index in [-0.39, 0.29) is 18.1 Å². The van der Waals surface area contributed by atoms with Crippen LogP contribution in [0.5, 0.6) is 5.88 Å². The van der Waals surface area contributed by atoms with E-state index in [0.717, 1.165) is 17.7 Å². The fraction of sp³-hybridized carbons (Fsp3) is 0.412. The molecule has 1 aliphatic rings. The van der Waals surface area contributed by atoms with Crippen molar-refractivity contribution in [1.82, 2.24) is 10.3 Å². The molecule has 0 aromatic carbocycles. The molecule has 6 heteroatoms. The van der Waals surface area contributed by atoms with Gasteiger partial charge in [-0.3, -0.25) is 4.79 Å². The average Bonchev–Trinajstić information content (AvgIpc) is 3.25. The third-order valence-electron chi connectivity index (χ3n) is 3.91. The molecule has 0 saturated carbocycles. The summed E-state index contributed by atoms with van der Waals surface area (Å²) in [6.45, 7) is 0.625. The summed E-state index contributed by atoms with van der Waals surface area (Å²) >= 11 is 0. The van der Waals surface area contributed by atoms with E-state index < -0.39 is 0 Å². The molecular weight excluding hydrogens is 296 g/mol. The molecule has 122 valence electrons. The molecule has 0 bridgehead atoms. The molecule has 2 aromatic rings. The number of aromatic nitrogens is 1. The second kappa shape index (κ2) is 7.28. The summed E-state index contributed by atoms with van der Waals surface area (Å²) in [7, 11) is 1.58. The maximum atomic E-state index is 12.1. The van der Waals surface area contributed by atoms with E-state index in [9.17, 15) is 4.79 Å². The lowest BCUT2D eigenvalue weighted by atomic mass is 10.0. The van der Waals surface area contributed by atoms with Crippen LogP contribution < -0.4 is 10.1 Å². The van der Waals surface area contributed by atoms with Gasteiger partial charge in [-0.05, 0) is 24.6 Å². The Hall–Kier alpha value is -2.34. The van der Waals surface area contributed by atoms with Gasteiger partial charge in [0.2, 0.25) is 11.8 Å². The Balaban J connectivity index is 1.56. The number of methoxy groups -OCH3 is 1. The van der Waals surface area contributed by atoms with Gasteiger partial charge >= 0.3 is 0 Å². The molecule has 23 heavy (non-hydrogen) atoms. The second-order valence-electron chi connectivity index (χ2n) is 5.47. The quantitative estimate of drug-likeness (QED) is 0.885. The second-order valence-corrected chi connectivity index (χ2v) is 5.47. The Morgan fingerprint density at radius 3 is 3.04 bits per heavy atom. The smallest absolute Gasteiger partial charge is 0.220 e. The van der Waals surface area contributed by atoms with Crippen molar-refractivity contribution in [2.45, 2.75) is 31.4 Å². The number of nitrogens with zero attached hydrogens (tertiary/aromatic N) is 1. The Bertz CT molecular complexity index is 625. The number of carbonyl (C=O) groups excluding carboxylic acids is 1. The predicted octanol–water partition coefficient (Wildman–Crippen LogP) is 2.26. The topological polar surface area (TPSA) is 73.6 Å². The van der Waals surface area contributed by atoms with Crippen molar-refractivity contribution >= 4 is 5.91 Å². The monoisotopic (exact) mass is 316 g/mol. The van der Waals surface area contributed by atoms with Gasteiger partial charge in [0, 0.05) is 37.3 Å². The first kappa shape index (κ1) is 15.6. The molecule has 6 nitrogen and oxygen atoms in total. The molecule has 1 amide bonds. The minimum absolute atomic E-state index is 0.00312. The first-order valence-corrected chi connectivity index (χ1v) is 7.69. The zero-order valence-electron chi connectivity index (χ0n) is 13.0. The fourth-order valence-corrected chi connectivity index (χ4v) is 2.72. The van der Waals surface area contributed by atoms with Crippen molar-refractivity contribution in [3.63, 3.8) is 0 Å². The van der Waals surface area contributed by atoms with E-state index in [4.69, 9.17) is 13.9 Å². The van der Waals surface area contributed by atoms with Crippen molar-refractivity contribution in [3.05, 3.63) is 48.0 Å². The maximum absolute atomic E-state index is 12.1. The van der Waals surface area contributed by atoms with Crippen LogP contribution in [0.3, 0.4) is 0 Å². The molecule has 1 aliphatic heterocycles. The molecule has 1 N–H and O–H groups in total. The minimum Gasteiger partial charge on any atom is -0.481 e. The normalized spacial score (nSPS) is 20.4. The van der Waals surface area contributed by atoms with E-state index in [1.165, 1.54) is 0 Å². The Morgan fingerprint density at radius 1 is 1.43 bits per heavy atom. The maximum Gasteiger partial charge on any atom is 0.220 e. The van der Waals surface area contributed by atoms with Gasteiger partial charge in [0.1, 0.15) is 11.9 Å². The summed E-state index contributed by atoms with van der Waals surface area (Å²) in [5.41, 5.74) is 0.944. The van der Waals surface area contributed by atoms with Crippen LogP contribution in [0.15, 0.2) is 41.1 Å². The van der Waals surface area contributed by atoms with Gasteiger partial charge in [0.05, 0.1) is 19.4 Å². The standard InChI is InChI=1S/C17H20N2O4/c1-21-16-7-4-12(11-18-16)17-14(8-10-23-17)19-15(20)6-5-13-3-2-9-22-13/h2-4,7,9,11,14,17H,5-6,8,10H2,1H3,(H,19,20)/t14-,17+/m0/s1. The third kappa shape index (κ3) is 3.90. The molecule has 1 saturated heterocycles. The van der Waals surface area contributed by atoms with Crippen LogP contribution in [0.2, 0.25) is 0 Å². The predicted molar refractivity (Wildman–Crippen MR) is 83.1 cm³/mol. The van der Waals surface area contributed by atoms with Crippen molar-refractivity contribution < 1.29 is 18.7 Å². The van der Waals surface area contributed by atoms with Gasteiger partial charge in [0.25, 0.3) is 0 Å². The summed E-state index contributed by atoms with van der Waals surface area (Å²) in [6, 6.07) is 7.38. The average molecular weight is 316 g/mol. The number of amides is 1. The van der Waals surface area contributed by atoms with Crippen LogP contribution >= 0.6 is 0 Å². The van der Waals surface area contributed by atoms with Crippen molar-refractivity contribution in [2.75, 3.05) is 13.7 Å². The molecule has 3 heterocycles. The summed E-state index contributed by atoms with van der Waals surface area (Å²) < 4.78 is 16.1. The number of carbonyl (C=O) groups is 1. The highest BCUT2D eigenvalue weighted by Crippen LogP contribution is 2.29. The van der Waals surface area contributed by atoms with Crippen LogP contribution in [0.4, 0.5) is 0 Å². The highest BCUT2D eigenvalue weighted by atomic mass is 16.5. The summed E-state index contributed by atoms with van der Waals surface area (Å²) in [5.74, 6) is 1.38. The van der Waals surface area contributed by atoms with Gasteiger partial charge in [0.15, 0.2) is 0 Å². The van der Waals surface area contributed by atoms with E-state index >= 15 is 0 Å². The molecule has 0 aliphatic carbocycles. The molecule has 0 spiro atoms. The Labute approximate surface area is 134 Å². The number of ether oxygens (including phenoxy) is 2. The van der Waals surface area contributed by atoms with E-state index in [1.54, 1.807) is 25.6 Å². The van der Waals surface area contributed by atoms with E-state index in [1.807, 2.05) is 18.2 Å². The van der Waals surface area contributed by atoms with Crippen LogP contribution in [0.1, 0.15) is 30.3 Å². The zero-order valence-corrected chi connectivity index (χ0v) is 13.0. The summed E-state index contributed by atoms with van der Waals surface area (Å²) in [4.78, 5) is 16.3. The molecule has 1 fully saturated rings. The van der Waals surface area contributed by atoms with Gasteiger partial charge in [-0.15, -0.1) is 0 Å². The number of pyridine rings is 1. The molecule has 3 rings (SSSR count). The van der Waals surface area contributed by atoms with E-state index in [0.29, 0.717) is 25.3 Å². The third-order valence-corrected chi connectivity index (χ3v) is 3.91. The molecule has 2 atom stereocenters. The first-order chi connectivity index (χ1) is 11.3. The minimum atomic E-state index is -0.166. The van der Waals surface area contributed by atoms with Crippen LogP contribution in [0.25, 0.3) is 0 Å². The lowest BCUT2D eigenvalue weighted by Crippen LogP contribution is -2.36. The number of nitrogens with one attached hydrogen (secondary N) is 1. The Morgan fingerprint density at radius 2 is 2.35 bits per heavy atom. The van der Waals surface area contributed by atoms with Gasteiger partial charge in [-0.25, -0.2) is 4.98 Å². The molecule has 0 unspecified atom stereocenters. The number of furan rings is 1. The molecule has 0 radical (unpaired) electrons. The molecular formula is C17H20N2O4. The van der Waals surface area contributed by atoms with Crippen LogP contribution in [0, 0.1) is 0 Å². The van der Waals surface area contributed by atoms with Crippen molar-refractivity contribution in [1.29, 1.82) is 0 Å². The number of hydrogen-bond donors (Lipinski definition) is 1. The zero-order chi connectivity index (χ0) is 16.1. The first-order valence-electron chi connectivity index (χ1n) is 7.69. The van der Waals surface area contributed by atoms with Gasteiger partial charge in [-0.1, -0.05) is 0 Å². The van der Waals surface area contributed by atoms with Crippen LogP contribution in [-0.2, 0) is 16.0 Å². The highest BCUT2D eigenvalue weighted by Gasteiger charge is 2.31. The lowest BCUT2D eigenvalue weighted by molar-refractivity contribution is -0.122. The van der Waals surface area contributed by atoms with Gasteiger partial charge in [-0.2, -0.15) is 0 Å². The Kier molecular flexibility index (Phi) is 4.92. The van der Waals surface area contributed by atoms with Crippen molar-refractivity contribution in [3.8, 4) is 5.88 Å². The number of aryl methyl sites for hydroxylation is 1. The van der Waals surface area contributed by atoms with Gasteiger partial charge < -0.3 is 19.2 Å². The van der Waals surface area contributed by atoms with Crippen LogP contribution in [-0.4, -0.2) is 30.6 Å². The largest absolute Gasteiger partial charge is 0.481 e.